The summed E-state index contributed by atoms with van der Waals surface area (Å²) in [7, 11) is 0. The van der Waals surface area contributed by atoms with Gasteiger partial charge in [0.05, 0.1) is 0 Å². The minimum atomic E-state index is 0.317. The normalized spacial score (nSPS) is 31.9. The first kappa shape index (κ1) is 18.7. The zero-order valence-corrected chi connectivity index (χ0v) is 17.3. The first-order chi connectivity index (χ1) is 11.8. The molecule has 0 aromatic heterocycles. The van der Waals surface area contributed by atoms with E-state index in [2.05, 4.69) is 78.0 Å². The lowest BCUT2D eigenvalue weighted by molar-refractivity contribution is 0.207. The van der Waals surface area contributed by atoms with Crippen LogP contribution in [0.1, 0.15) is 73.6 Å². The molecule has 0 nitrogen and oxygen atoms in total. The molecule has 138 valence electrons. The Morgan fingerprint density at radius 2 is 1.24 bits per heavy atom. The summed E-state index contributed by atoms with van der Waals surface area (Å²) in [6.07, 6.45) is 21.7. The van der Waals surface area contributed by atoms with Crippen LogP contribution in [0.2, 0.25) is 0 Å². The van der Waals surface area contributed by atoms with Crippen LogP contribution in [0.25, 0.3) is 0 Å². The monoisotopic (exact) mass is 338 g/mol. The molecule has 0 heterocycles. The van der Waals surface area contributed by atoms with Crippen LogP contribution in [0.15, 0.2) is 47.6 Å². The molecule has 0 aromatic carbocycles. The molecular formula is C25H38. The van der Waals surface area contributed by atoms with Crippen molar-refractivity contribution < 1.29 is 0 Å². The zero-order valence-electron chi connectivity index (χ0n) is 17.3. The van der Waals surface area contributed by atoms with Gasteiger partial charge in [-0.3, -0.25) is 0 Å². The van der Waals surface area contributed by atoms with Crippen molar-refractivity contribution in [3.8, 4) is 0 Å². The average Bonchev–Trinajstić information content (AvgIpc) is 2.66. The molecule has 3 aliphatic carbocycles. The van der Waals surface area contributed by atoms with Gasteiger partial charge in [0.1, 0.15) is 0 Å². The molecule has 3 aliphatic rings. The zero-order chi connectivity index (χ0) is 18.2. The van der Waals surface area contributed by atoms with E-state index >= 15 is 0 Å². The highest BCUT2D eigenvalue weighted by Gasteiger charge is 2.39. The topological polar surface area (TPSA) is 0 Å². The van der Waals surface area contributed by atoms with Gasteiger partial charge < -0.3 is 0 Å². The molecule has 0 saturated heterocycles. The van der Waals surface area contributed by atoms with Gasteiger partial charge in [0.15, 0.2) is 0 Å². The summed E-state index contributed by atoms with van der Waals surface area (Å²) in [4.78, 5) is 0. The SMILES string of the molecule is CCC(C)(C)C1=CC2CCC3C=C(C(C)(CC)CC)C=CC3C2C=C1. The summed E-state index contributed by atoms with van der Waals surface area (Å²) in [5, 5.41) is 0. The van der Waals surface area contributed by atoms with E-state index in [4.69, 9.17) is 0 Å². The van der Waals surface area contributed by atoms with E-state index in [1.807, 2.05) is 0 Å². The molecule has 25 heavy (non-hydrogen) atoms. The average molecular weight is 339 g/mol. The third kappa shape index (κ3) is 3.34. The van der Waals surface area contributed by atoms with Crippen molar-refractivity contribution in [3.63, 3.8) is 0 Å². The lowest BCUT2D eigenvalue weighted by atomic mass is 9.60. The number of hydrogen-bond donors (Lipinski definition) is 0. The van der Waals surface area contributed by atoms with Crippen molar-refractivity contribution in [2.24, 2.45) is 34.5 Å². The molecule has 4 atom stereocenters. The molecule has 3 rings (SSSR count). The Morgan fingerprint density at radius 1 is 0.760 bits per heavy atom. The van der Waals surface area contributed by atoms with Crippen LogP contribution in [0.5, 0.6) is 0 Å². The molecule has 0 radical (unpaired) electrons. The molecule has 1 saturated carbocycles. The standard InChI is InChI=1S/C25H38/c1-7-24(4,5)20-12-14-22-18(16-20)10-11-19-17-21(13-15-23(19)22)25(6,8-2)9-3/h12-19,22-23H,7-11H2,1-6H3. The van der Waals surface area contributed by atoms with Crippen LogP contribution in [0, 0.1) is 34.5 Å². The fourth-order valence-corrected chi connectivity index (χ4v) is 4.99. The van der Waals surface area contributed by atoms with E-state index in [0.717, 1.165) is 11.8 Å². The summed E-state index contributed by atoms with van der Waals surface area (Å²) in [5.74, 6) is 2.91. The third-order valence-corrected chi connectivity index (χ3v) is 7.97. The van der Waals surface area contributed by atoms with Crippen LogP contribution in [-0.2, 0) is 0 Å². The first-order valence-corrected chi connectivity index (χ1v) is 10.7. The van der Waals surface area contributed by atoms with Crippen molar-refractivity contribution in [1.29, 1.82) is 0 Å². The summed E-state index contributed by atoms with van der Waals surface area (Å²) < 4.78 is 0. The maximum atomic E-state index is 2.65. The summed E-state index contributed by atoms with van der Waals surface area (Å²) in [5.41, 5.74) is 3.84. The van der Waals surface area contributed by atoms with Gasteiger partial charge in [0, 0.05) is 0 Å². The molecule has 4 unspecified atom stereocenters. The Balaban J connectivity index is 1.80. The van der Waals surface area contributed by atoms with E-state index in [9.17, 15) is 0 Å². The number of fused-ring (bicyclic) bond motifs is 3. The number of hydrogen-bond acceptors (Lipinski definition) is 0. The van der Waals surface area contributed by atoms with Gasteiger partial charge in [-0.1, -0.05) is 78.0 Å². The molecule has 0 aromatic rings. The lowest BCUT2D eigenvalue weighted by Gasteiger charge is -2.44. The second kappa shape index (κ2) is 6.93. The van der Waals surface area contributed by atoms with Gasteiger partial charge in [-0.2, -0.15) is 0 Å². The maximum absolute atomic E-state index is 2.65. The highest BCUT2D eigenvalue weighted by Crippen LogP contribution is 2.50. The molecule has 0 aliphatic heterocycles. The lowest BCUT2D eigenvalue weighted by Crippen LogP contribution is -2.35. The molecule has 0 amide bonds. The maximum Gasteiger partial charge on any atom is -0.00836 e. The van der Waals surface area contributed by atoms with Gasteiger partial charge in [0.25, 0.3) is 0 Å². The minimum absolute atomic E-state index is 0.317. The molecule has 0 bridgehead atoms. The Labute approximate surface area is 156 Å². The smallest absolute Gasteiger partial charge is 0.00836 e. The Hall–Kier alpha value is -1.04. The Morgan fingerprint density at radius 3 is 1.72 bits per heavy atom. The quantitative estimate of drug-likeness (QED) is 0.487. The number of rotatable bonds is 5. The molecule has 0 heteroatoms. The van der Waals surface area contributed by atoms with Crippen molar-refractivity contribution in [1.82, 2.24) is 0 Å². The van der Waals surface area contributed by atoms with Crippen molar-refractivity contribution in [2.45, 2.75) is 73.6 Å². The van der Waals surface area contributed by atoms with E-state index in [1.54, 1.807) is 11.1 Å². The van der Waals surface area contributed by atoms with Crippen LogP contribution in [0.3, 0.4) is 0 Å². The molecule has 0 spiro atoms. The van der Waals surface area contributed by atoms with E-state index < -0.39 is 0 Å². The van der Waals surface area contributed by atoms with Crippen LogP contribution in [-0.4, -0.2) is 0 Å². The predicted octanol–water partition coefficient (Wildman–Crippen LogP) is 7.50. The van der Waals surface area contributed by atoms with Crippen LogP contribution >= 0.6 is 0 Å². The number of allylic oxidation sites excluding steroid dienone is 8. The van der Waals surface area contributed by atoms with Gasteiger partial charge in [0.2, 0.25) is 0 Å². The summed E-state index contributed by atoms with van der Waals surface area (Å²) in [6, 6.07) is 0. The largest absolute Gasteiger partial charge is 0.0799 e. The fourth-order valence-electron chi connectivity index (χ4n) is 4.99. The van der Waals surface area contributed by atoms with Crippen molar-refractivity contribution >= 4 is 0 Å². The van der Waals surface area contributed by atoms with Gasteiger partial charge in [-0.05, 0) is 77.8 Å². The van der Waals surface area contributed by atoms with Gasteiger partial charge >= 0.3 is 0 Å². The van der Waals surface area contributed by atoms with E-state index in [1.165, 1.54) is 32.1 Å². The van der Waals surface area contributed by atoms with Gasteiger partial charge in [-0.25, -0.2) is 0 Å². The Kier molecular flexibility index (Phi) is 5.20. The molecular weight excluding hydrogens is 300 g/mol. The predicted molar refractivity (Wildman–Crippen MR) is 110 cm³/mol. The highest BCUT2D eigenvalue weighted by atomic mass is 14.4. The fraction of sp³-hybridized carbons (Fsp3) is 0.680. The van der Waals surface area contributed by atoms with Crippen molar-refractivity contribution in [3.05, 3.63) is 47.6 Å². The van der Waals surface area contributed by atoms with Crippen LogP contribution in [0.4, 0.5) is 0 Å². The van der Waals surface area contributed by atoms with E-state index in [0.29, 0.717) is 22.7 Å². The Bertz CT molecular complexity index is 606. The van der Waals surface area contributed by atoms with Crippen molar-refractivity contribution in [2.75, 3.05) is 0 Å². The highest BCUT2D eigenvalue weighted by molar-refractivity contribution is 5.36. The second-order valence-corrected chi connectivity index (χ2v) is 9.53. The van der Waals surface area contributed by atoms with E-state index in [-0.39, 0.29) is 0 Å². The summed E-state index contributed by atoms with van der Waals surface area (Å²) >= 11 is 0. The van der Waals surface area contributed by atoms with Crippen LogP contribution < -0.4 is 0 Å². The molecule has 1 fully saturated rings. The first-order valence-electron chi connectivity index (χ1n) is 10.7. The third-order valence-electron chi connectivity index (χ3n) is 7.97. The molecule has 0 N–H and O–H groups in total. The summed E-state index contributed by atoms with van der Waals surface area (Å²) in [6.45, 7) is 14.2. The minimum Gasteiger partial charge on any atom is -0.0799 e. The van der Waals surface area contributed by atoms with Gasteiger partial charge in [-0.15, -0.1) is 0 Å². The second-order valence-electron chi connectivity index (χ2n) is 9.53.